The van der Waals surface area contributed by atoms with Crippen molar-refractivity contribution in [3.63, 3.8) is 0 Å². The van der Waals surface area contributed by atoms with Crippen molar-refractivity contribution in [1.82, 2.24) is 5.06 Å². The fourth-order valence-electron chi connectivity index (χ4n) is 1.33. The van der Waals surface area contributed by atoms with Crippen LogP contribution in [-0.2, 0) is 0 Å². The maximum Gasteiger partial charge on any atom is 0.150 e. The van der Waals surface area contributed by atoms with Gasteiger partial charge in [0.2, 0.25) is 0 Å². The second kappa shape index (κ2) is 2.57. The molecule has 0 aliphatic carbocycles. The first-order valence-corrected chi connectivity index (χ1v) is 4.25. The molecule has 0 fully saturated rings. The van der Waals surface area contributed by atoms with Crippen LogP contribution in [0.1, 0.15) is 13.8 Å². The summed E-state index contributed by atoms with van der Waals surface area (Å²) in [5.74, 6) is 0. The van der Waals surface area contributed by atoms with E-state index in [4.69, 9.17) is 0 Å². The van der Waals surface area contributed by atoms with Gasteiger partial charge in [-0.2, -0.15) is 0 Å². The molecule has 0 spiro atoms. The van der Waals surface area contributed by atoms with Gasteiger partial charge in [0.25, 0.3) is 0 Å². The summed E-state index contributed by atoms with van der Waals surface area (Å²) >= 11 is 0. The Morgan fingerprint density at radius 1 is 1.31 bits per heavy atom. The summed E-state index contributed by atoms with van der Waals surface area (Å²) < 4.78 is 0. The lowest BCUT2D eigenvalue weighted by Crippen LogP contribution is -2.46. The highest BCUT2D eigenvalue weighted by Gasteiger charge is 2.23. The summed E-state index contributed by atoms with van der Waals surface area (Å²) in [7, 11) is 0. The van der Waals surface area contributed by atoms with Gasteiger partial charge in [-0.05, 0) is 19.9 Å². The van der Waals surface area contributed by atoms with Crippen molar-refractivity contribution in [2.24, 2.45) is 4.99 Å². The van der Waals surface area contributed by atoms with Gasteiger partial charge in [0.05, 0.1) is 5.36 Å². The third-order valence-corrected chi connectivity index (χ3v) is 2.15. The van der Waals surface area contributed by atoms with Gasteiger partial charge in [0.1, 0.15) is 0 Å². The monoisotopic (exact) mass is 176 g/mol. The van der Waals surface area contributed by atoms with E-state index in [1.54, 1.807) is 6.20 Å². The molecule has 0 bridgehead atoms. The first-order chi connectivity index (χ1) is 6.09. The third kappa shape index (κ3) is 1.31. The van der Waals surface area contributed by atoms with Crippen LogP contribution in [0.3, 0.4) is 0 Å². The molecule has 1 heterocycles. The molecular weight excluding hydrogens is 164 g/mol. The minimum absolute atomic E-state index is 0.561. The Morgan fingerprint density at radius 2 is 2.00 bits per heavy atom. The molecule has 1 aromatic carbocycles. The van der Waals surface area contributed by atoms with Crippen LogP contribution in [0, 0.1) is 0 Å². The van der Waals surface area contributed by atoms with Crippen LogP contribution in [0.4, 0.5) is 0 Å². The number of hydrogen-bond donors (Lipinski definition) is 1. The Bertz CT molecular complexity index is 436. The summed E-state index contributed by atoms with van der Waals surface area (Å²) in [5, 5.41) is 12.6. The Balaban J connectivity index is 2.74. The van der Waals surface area contributed by atoms with Crippen LogP contribution in [0.2, 0.25) is 0 Å². The average Bonchev–Trinajstić information content (AvgIpc) is 2.06. The molecule has 3 heteroatoms. The molecule has 1 aromatic rings. The second-order valence-corrected chi connectivity index (χ2v) is 3.64. The van der Waals surface area contributed by atoms with Gasteiger partial charge in [-0.3, -0.25) is 10.2 Å². The highest BCUT2D eigenvalue weighted by molar-refractivity contribution is 5.24. The highest BCUT2D eigenvalue weighted by atomic mass is 16.5. The molecular formula is C10H12N2O. The van der Waals surface area contributed by atoms with Crippen molar-refractivity contribution in [1.29, 1.82) is 0 Å². The molecule has 3 nitrogen and oxygen atoms in total. The van der Waals surface area contributed by atoms with Crippen molar-refractivity contribution in [3.05, 3.63) is 34.8 Å². The maximum absolute atomic E-state index is 9.57. The first-order valence-electron chi connectivity index (χ1n) is 4.25. The number of fused-ring (bicyclic) bond motifs is 1. The zero-order chi connectivity index (χ0) is 9.47. The highest BCUT2D eigenvalue weighted by Crippen LogP contribution is 2.13. The van der Waals surface area contributed by atoms with E-state index in [1.807, 2.05) is 38.1 Å². The summed E-state index contributed by atoms with van der Waals surface area (Å²) in [6, 6.07) is 7.74. The minimum Gasteiger partial charge on any atom is -0.287 e. The van der Waals surface area contributed by atoms with E-state index in [2.05, 4.69) is 4.99 Å². The van der Waals surface area contributed by atoms with Crippen molar-refractivity contribution in [3.8, 4) is 0 Å². The fraction of sp³-hybridized carbons (Fsp3) is 0.300. The SMILES string of the molecule is CC1(C)N=c2ccccc2=CN1O. The number of para-hydroxylation sites is 1. The van der Waals surface area contributed by atoms with Crippen LogP contribution < -0.4 is 10.6 Å². The van der Waals surface area contributed by atoms with Crippen LogP contribution in [0.5, 0.6) is 0 Å². The van der Waals surface area contributed by atoms with Crippen LogP contribution >= 0.6 is 0 Å². The van der Waals surface area contributed by atoms with Gasteiger partial charge in [0, 0.05) is 11.4 Å². The van der Waals surface area contributed by atoms with Gasteiger partial charge in [0.15, 0.2) is 5.66 Å². The summed E-state index contributed by atoms with van der Waals surface area (Å²) in [5.41, 5.74) is -0.561. The van der Waals surface area contributed by atoms with Crippen molar-refractivity contribution in [2.75, 3.05) is 0 Å². The van der Waals surface area contributed by atoms with E-state index in [9.17, 15) is 5.21 Å². The molecule has 0 saturated heterocycles. The van der Waals surface area contributed by atoms with E-state index in [1.165, 1.54) is 0 Å². The van der Waals surface area contributed by atoms with Crippen LogP contribution in [-0.4, -0.2) is 15.9 Å². The lowest BCUT2D eigenvalue weighted by molar-refractivity contribution is -0.0981. The lowest BCUT2D eigenvalue weighted by Gasteiger charge is -2.30. The summed E-state index contributed by atoms with van der Waals surface area (Å²) in [6.45, 7) is 3.72. The molecule has 0 amide bonds. The molecule has 1 N–H and O–H groups in total. The van der Waals surface area contributed by atoms with Crippen molar-refractivity contribution < 1.29 is 5.21 Å². The molecule has 13 heavy (non-hydrogen) atoms. The zero-order valence-electron chi connectivity index (χ0n) is 7.73. The second-order valence-electron chi connectivity index (χ2n) is 3.64. The third-order valence-electron chi connectivity index (χ3n) is 2.15. The fourth-order valence-corrected chi connectivity index (χ4v) is 1.33. The van der Waals surface area contributed by atoms with Gasteiger partial charge < -0.3 is 0 Å². The zero-order valence-corrected chi connectivity index (χ0v) is 7.73. The molecule has 68 valence electrons. The minimum atomic E-state index is -0.561. The van der Waals surface area contributed by atoms with Crippen LogP contribution in [0.15, 0.2) is 29.3 Å². The van der Waals surface area contributed by atoms with E-state index in [-0.39, 0.29) is 0 Å². The number of benzene rings is 1. The quantitative estimate of drug-likeness (QED) is 0.624. The average molecular weight is 176 g/mol. The van der Waals surface area contributed by atoms with E-state index in [0.717, 1.165) is 15.6 Å². The molecule has 1 aliphatic heterocycles. The number of hydroxylamine groups is 2. The topological polar surface area (TPSA) is 35.8 Å². The molecule has 1 aliphatic rings. The van der Waals surface area contributed by atoms with E-state index in [0.29, 0.717) is 0 Å². The normalized spacial score (nSPS) is 18.5. The Morgan fingerprint density at radius 3 is 2.77 bits per heavy atom. The smallest absolute Gasteiger partial charge is 0.150 e. The Hall–Kier alpha value is -1.35. The lowest BCUT2D eigenvalue weighted by atomic mass is 10.2. The Kier molecular flexibility index (Phi) is 1.63. The van der Waals surface area contributed by atoms with Crippen molar-refractivity contribution in [2.45, 2.75) is 19.5 Å². The maximum atomic E-state index is 9.57. The van der Waals surface area contributed by atoms with Crippen molar-refractivity contribution >= 4 is 6.20 Å². The predicted molar refractivity (Wildman–Crippen MR) is 49.4 cm³/mol. The first kappa shape index (κ1) is 8.26. The number of nitrogens with zero attached hydrogens (tertiary/aromatic N) is 2. The molecule has 0 atom stereocenters. The number of rotatable bonds is 0. The summed E-state index contributed by atoms with van der Waals surface area (Å²) in [6.07, 6.45) is 1.70. The molecule has 2 rings (SSSR count). The van der Waals surface area contributed by atoms with E-state index >= 15 is 0 Å². The molecule has 0 unspecified atom stereocenters. The number of hydrogen-bond acceptors (Lipinski definition) is 3. The van der Waals surface area contributed by atoms with Gasteiger partial charge in [-0.1, -0.05) is 18.2 Å². The molecule has 0 radical (unpaired) electrons. The standard InChI is InChI=1S/C10H12N2O/c1-10(2)11-9-6-4-3-5-8(9)7-12(10)13/h3-7,13H,1-2H3. The van der Waals surface area contributed by atoms with Gasteiger partial charge >= 0.3 is 0 Å². The van der Waals surface area contributed by atoms with Crippen LogP contribution in [0.25, 0.3) is 6.20 Å². The Labute approximate surface area is 76.6 Å². The summed E-state index contributed by atoms with van der Waals surface area (Å²) in [4.78, 5) is 4.40. The molecule has 0 aromatic heterocycles. The van der Waals surface area contributed by atoms with E-state index < -0.39 is 5.66 Å². The van der Waals surface area contributed by atoms with Gasteiger partial charge in [-0.15, -0.1) is 0 Å². The van der Waals surface area contributed by atoms with Gasteiger partial charge in [-0.25, -0.2) is 5.06 Å². The molecule has 0 saturated carbocycles. The largest absolute Gasteiger partial charge is 0.287 e. The predicted octanol–water partition coefficient (Wildman–Crippen LogP) is 0.485.